The number of halogens is 4. The molecule has 160 valence electrons. The van der Waals surface area contributed by atoms with Gasteiger partial charge in [-0.05, 0) is 42.8 Å². The van der Waals surface area contributed by atoms with Gasteiger partial charge in [0.2, 0.25) is 5.95 Å². The van der Waals surface area contributed by atoms with Crippen LogP contribution in [0.5, 0.6) is 0 Å². The molecule has 2 aromatic heterocycles. The average Bonchev–Trinajstić information content (AvgIpc) is 3.31. The highest BCUT2D eigenvalue weighted by molar-refractivity contribution is 6.30. The second kappa shape index (κ2) is 8.07. The number of rotatable bonds is 5. The van der Waals surface area contributed by atoms with E-state index in [9.17, 15) is 18.0 Å². The third kappa shape index (κ3) is 4.00. The maximum Gasteiger partial charge on any atom is 0.434 e. The molecule has 0 fully saturated rings. The van der Waals surface area contributed by atoms with Crippen LogP contribution in [-0.2, 0) is 12.7 Å². The van der Waals surface area contributed by atoms with Crippen molar-refractivity contribution in [1.29, 1.82) is 0 Å². The van der Waals surface area contributed by atoms with Crippen LogP contribution in [0.15, 0.2) is 54.7 Å². The number of hydrogen-bond acceptors (Lipinski definition) is 3. The Hall–Kier alpha value is -3.33. The number of para-hydroxylation sites is 2. The molecule has 6 nitrogen and oxygen atoms in total. The van der Waals surface area contributed by atoms with Crippen LogP contribution in [0.25, 0.3) is 16.7 Å². The zero-order valence-corrected chi connectivity index (χ0v) is 17.1. The molecule has 1 amide bonds. The van der Waals surface area contributed by atoms with Crippen molar-refractivity contribution in [2.75, 3.05) is 5.32 Å². The predicted molar refractivity (Wildman–Crippen MR) is 112 cm³/mol. The molecule has 2 heterocycles. The van der Waals surface area contributed by atoms with Crippen molar-refractivity contribution in [1.82, 2.24) is 19.3 Å². The SMILES string of the molecule is CCCn1c(NC(=O)c2cnn(-c3ccc(Cl)cc3)c2C(F)(F)F)nc2ccccc21. The summed E-state index contributed by atoms with van der Waals surface area (Å²) in [5.41, 5.74) is -0.219. The number of carbonyl (C=O) groups excluding carboxylic acids is 1. The zero-order valence-electron chi connectivity index (χ0n) is 16.3. The minimum atomic E-state index is -4.81. The number of carbonyl (C=O) groups is 1. The second-order valence-corrected chi connectivity index (χ2v) is 7.26. The van der Waals surface area contributed by atoms with Crippen LogP contribution < -0.4 is 5.32 Å². The van der Waals surface area contributed by atoms with Gasteiger partial charge in [0.25, 0.3) is 5.91 Å². The van der Waals surface area contributed by atoms with Gasteiger partial charge >= 0.3 is 6.18 Å². The highest BCUT2D eigenvalue weighted by Gasteiger charge is 2.40. The van der Waals surface area contributed by atoms with Crippen molar-refractivity contribution in [3.63, 3.8) is 0 Å². The van der Waals surface area contributed by atoms with Gasteiger partial charge < -0.3 is 4.57 Å². The maximum absolute atomic E-state index is 13.9. The van der Waals surface area contributed by atoms with Crippen molar-refractivity contribution in [3.8, 4) is 5.69 Å². The number of aromatic nitrogens is 4. The normalized spacial score (nSPS) is 11.8. The molecule has 0 aliphatic carbocycles. The fourth-order valence-corrected chi connectivity index (χ4v) is 3.48. The van der Waals surface area contributed by atoms with E-state index in [2.05, 4.69) is 15.4 Å². The quantitative estimate of drug-likeness (QED) is 0.436. The van der Waals surface area contributed by atoms with Crippen LogP contribution in [0, 0.1) is 0 Å². The first kappa shape index (κ1) is 20.9. The molecule has 1 N–H and O–H groups in total. The van der Waals surface area contributed by atoms with Gasteiger partial charge in [-0.2, -0.15) is 18.3 Å². The monoisotopic (exact) mass is 447 g/mol. The largest absolute Gasteiger partial charge is 0.434 e. The Bertz CT molecular complexity index is 1240. The summed E-state index contributed by atoms with van der Waals surface area (Å²) in [5, 5.41) is 6.71. The minimum Gasteiger partial charge on any atom is -0.310 e. The van der Waals surface area contributed by atoms with Gasteiger partial charge in [0.05, 0.1) is 28.5 Å². The number of anilines is 1. The van der Waals surface area contributed by atoms with E-state index in [4.69, 9.17) is 11.6 Å². The van der Waals surface area contributed by atoms with Gasteiger partial charge in [-0.15, -0.1) is 0 Å². The number of benzene rings is 2. The number of amides is 1. The number of aryl methyl sites for hydroxylation is 1. The van der Waals surface area contributed by atoms with Gasteiger partial charge in [0.15, 0.2) is 5.69 Å². The Morgan fingerprint density at radius 1 is 1.13 bits per heavy atom. The van der Waals surface area contributed by atoms with E-state index in [-0.39, 0.29) is 11.6 Å². The molecule has 0 saturated heterocycles. The molecular formula is C21H17ClF3N5O. The number of hydrogen-bond donors (Lipinski definition) is 1. The summed E-state index contributed by atoms with van der Waals surface area (Å²) in [6, 6.07) is 12.9. The standard InChI is InChI=1S/C21H17ClF3N5O/c1-2-11-29-17-6-4-3-5-16(17)27-20(29)28-19(31)15-12-26-30(18(15)21(23,24)25)14-9-7-13(22)8-10-14/h3-10,12H,2,11H2,1H3,(H,27,28,31). The molecule has 31 heavy (non-hydrogen) atoms. The predicted octanol–water partition coefficient (Wildman–Crippen LogP) is 5.56. The molecule has 0 atom stereocenters. The van der Waals surface area contributed by atoms with E-state index in [0.717, 1.165) is 18.1 Å². The first-order chi connectivity index (χ1) is 14.8. The second-order valence-electron chi connectivity index (χ2n) is 6.82. The van der Waals surface area contributed by atoms with E-state index < -0.39 is 23.3 Å². The summed E-state index contributed by atoms with van der Waals surface area (Å²) in [6.45, 7) is 2.50. The Morgan fingerprint density at radius 3 is 2.52 bits per heavy atom. The number of imidazole rings is 1. The first-order valence-electron chi connectivity index (χ1n) is 9.47. The number of fused-ring (bicyclic) bond motifs is 1. The van der Waals surface area contributed by atoms with Crippen molar-refractivity contribution in [2.24, 2.45) is 0 Å². The summed E-state index contributed by atoms with van der Waals surface area (Å²) >= 11 is 5.82. The van der Waals surface area contributed by atoms with Crippen LogP contribution in [-0.4, -0.2) is 25.2 Å². The van der Waals surface area contributed by atoms with Gasteiger partial charge in [-0.3, -0.25) is 10.1 Å². The molecule has 0 aliphatic rings. The lowest BCUT2D eigenvalue weighted by molar-refractivity contribution is -0.143. The third-order valence-corrected chi connectivity index (χ3v) is 4.93. The van der Waals surface area contributed by atoms with Crippen molar-refractivity contribution in [3.05, 3.63) is 71.0 Å². The van der Waals surface area contributed by atoms with Crippen LogP contribution in [0.1, 0.15) is 29.4 Å². The summed E-state index contributed by atoms with van der Waals surface area (Å²) in [4.78, 5) is 17.2. The topological polar surface area (TPSA) is 64.7 Å². The van der Waals surface area contributed by atoms with E-state index in [1.807, 2.05) is 19.1 Å². The smallest absolute Gasteiger partial charge is 0.310 e. The van der Waals surface area contributed by atoms with Gasteiger partial charge in [-0.1, -0.05) is 30.7 Å². The molecule has 0 unspecified atom stereocenters. The lowest BCUT2D eigenvalue weighted by Crippen LogP contribution is -2.22. The highest BCUT2D eigenvalue weighted by Crippen LogP contribution is 2.34. The molecule has 0 saturated carbocycles. The van der Waals surface area contributed by atoms with Crippen LogP contribution in [0.4, 0.5) is 19.1 Å². The molecule has 2 aromatic carbocycles. The molecule has 0 spiro atoms. The van der Waals surface area contributed by atoms with Gasteiger partial charge in [0.1, 0.15) is 0 Å². The Labute approximate surface area is 180 Å². The number of nitrogens with one attached hydrogen (secondary N) is 1. The number of alkyl halides is 3. The average molecular weight is 448 g/mol. The van der Waals surface area contributed by atoms with E-state index in [0.29, 0.717) is 21.8 Å². The third-order valence-electron chi connectivity index (χ3n) is 4.68. The van der Waals surface area contributed by atoms with Crippen molar-refractivity contribution >= 4 is 34.5 Å². The van der Waals surface area contributed by atoms with E-state index >= 15 is 0 Å². The summed E-state index contributed by atoms with van der Waals surface area (Å²) in [7, 11) is 0. The molecule has 0 radical (unpaired) electrons. The van der Waals surface area contributed by atoms with Crippen LogP contribution >= 0.6 is 11.6 Å². The summed E-state index contributed by atoms with van der Waals surface area (Å²) in [5.74, 6) is -0.763. The highest BCUT2D eigenvalue weighted by atomic mass is 35.5. The van der Waals surface area contributed by atoms with Gasteiger partial charge in [-0.25, -0.2) is 9.67 Å². The van der Waals surface area contributed by atoms with Crippen LogP contribution in [0.2, 0.25) is 5.02 Å². The minimum absolute atomic E-state index is 0.133. The first-order valence-corrected chi connectivity index (χ1v) is 9.85. The lowest BCUT2D eigenvalue weighted by Gasteiger charge is -2.13. The maximum atomic E-state index is 13.9. The fraction of sp³-hybridized carbons (Fsp3) is 0.190. The van der Waals surface area contributed by atoms with Gasteiger partial charge in [0, 0.05) is 11.6 Å². The summed E-state index contributed by atoms with van der Waals surface area (Å²) < 4.78 is 44.1. The van der Waals surface area contributed by atoms with E-state index in [1.165, 1.54) is 24.3 Å². The van der Waals surface area contributed by atoms with Crippen LogP contribution in [0.3, 0.4) is 0 Å². The number of nitrogens with zero attached hydrogens (tertiary/aromatic N) is 4. The summed E-state index contributed by atoms with van der Waals surface area (Å²) in [6.07, 6.45) is -3.16. The fourth-order valence-electron chi connectivity index (χ4n) is 3.36. The molecule has 0 bridgehead atoms. The van der Waals surface area contributed by atoms with Crippen molar-refractivity contribution < 1.29 is 18.0 Å². The molecule has 0 aliphatic heterocycles. The Morgan fingerprint density at radius 2 is 1.84 bits per heavy atom. The Balaban J connectivity index is 1.75. The Kier molecular flexibility index (Phi) is 5.45. The molecule has 4 aromatic rings. The van der Waals surface area contributed by atoms with E-state index in [1.54, 1.807) is 16.7 Å². The molecule has 4 rings (SSSR count). The molecule has 10 heteroatoms. The molecular weight excluding hydrogens is 431 g/mol. The zero-order chi connectivity index (χ0) is 22.2. The lowest BCUT2D eigenvalue weighted by atomic mass is 10.2. The van der Waals surface area contributed by atoms with Crippen molar-refractivity contribution in [2.45, 2.75) is 26.1 Å².